The maximum absolute atomic E-state index is 11.3. The molecule has 1 N–H and O–H groups in total. The average Bonchev–Trinajstić information content (AvgIpc) is 2.86. The third-order valence-electron chi connectivity index (χ3n) is 2.57. The minimum absolute atomic E-state index is 0.0663. The van der Waals surface area contributed by atoms with Crippen molar-refractivity contribution in [1.82, 2.24) is 4.98 Å². The minimum atomic E-state index is -0.143. The molecule has 3 rings (SSSR count). The molecule has 1 aromatic carbocycles. The molecule has 1 aliphatic heterocycles. The number of ether oxygens (including phenoxy) is 2. The molecule has 0 spiro atoms. The highest BCUT2D eigenvalue weighted by Gasteiger charge is 2.17. The smallest absolute Gasteiger partial charge is 0.273 e. The molecule has 5 nitrogen and oxygen atoms in total. The highest BCUT2D eigenvalue weighted by molar-refractivity contribution is 7.11. The van der Waals surface area contributed by atoms with Crippen LogP contribution in [0.3, 0.4) is 0 Å². The standard InChI is InChI=1S/C12H10N2O3S/c1-16-12-14-9(6-18-12)7-2-3-10-8(4-7)13-11(15)5-17-10/h2-4,6H,5H2,1H3,(H,13,15). The second kappa shape index (κ2) is 4.30. The van der Waals surface area contributed by atoms with Crippen molar-refractivity contribution < 1.29 is 14.3 Å². The second-order valence-corrected chi connectivity index (χ2v) is 4.57. The summed E-state index contributed by atoms with van der Waals surface area (Å²) in [6.07, 6.45) is 0. The monoisotopic (exact) mass is 262 g/mol. The number of aromatic nitrogens is 1. The molecule has 6 heteroatoms. The summed E-state index contributed by atoms with van der Waals surface area (Å²) in [6, 6.07) is 5.58. The zero-order valence-electron chi connectivity index (χ0n) is 9.60. The Balaban J connectivity index is 1.98. The first kappa shape index (κ1) is 11.0. The van der Waals surface area contributed by atoms with Crippen molar-refractivity contribution in [1.29, 1.82) is 0 Å². The maximum atomic E-state index is 11.3. The van der Waals surface area contributed by atoms with Gasteiger partial charge >= 0.3 is 0 Å². The lowest BCUT2D eigenvalue weighted by Crippen LogP contribution is -2.25. The normalized spacial score (nSPS) is 13.5. The van der Waals surface area contributed by atoms with Gasteiger partial charge in [0.25, 0.3) is 11.1 Å². The van der Waals surface area contributed by atoms with Crippen molar-refractivity contribution in [3.05, 3.63) is 23.6 Å². The van der Waals surface area contributed by atoms with E-state index in [1.807, 2.05) is 23.6 Å². The summed E-state index contributed by atoms with van der Waals surface area (Å²) in [7, 11) is 1.59. The number of hydrogen-bond donors (Lipinski definition) is 1. The molecule has 0 atom stereocenters. The van der Waals surface area contributed by atoms with Gasteiger partial charge in [-0.2, -0.15) is 0 Å². The Morgan fingerprint density at radius 3 is 3.17 bits per heavy atom. The molecule has 0 fully saturated rings. The quantitative estimate of drug-likeness (QED) is 0.900. The van der Waals surface area contributed by atoms with Gasteiger partial charge in [0.15, 0.2) is 6.61 Å². The van der Waals surface area contributed by atoms with Crippen LogP contribution in [0.5, 0.6) is 10.9 Å². The van der Waals surface area contributed by atoms with Crippen molar-refractivity contribution in [2.24, 2.45) is 0 Å². The van der Waals surface area contributed by atoms with Gasteiger partial charge < -0.3 is 14.8 Å². The van der Waals surface area contributed by atoms with E-state index in [0.29, 0.717) is 16.6 Å². The zero-order valence-corrected chi connectivity index (χ0v) is 10.4. The average molecular weight is 262 g/mol. The summed E-state index contributed by atoms with van der Waals surface area (Å²) >= 11 is 1.43. The number of amides is 1. The Kier molecular flexibility index (Phi) is 2.64. The highest BCUT2D eigenvalue weighted by atomic mass is 32.1. The fraction of sp³-hybridized carbons (Fsp3) is 0.167. The number of hydrogen-bond acceptors (Lipinski definition) is 5. The second-order valence-electron chi connectivity index (χ2n) is 3.75. The molecule has 92 valence electrons. The van der Waals surface area contributed by atoms with Crippen LogP contribution in [0, 0.1) is 0 Å². The number of nitrogens with one attached hydrogen (secondary N) is 1. The molecule has 0 unspecified atom stereocenters. The number of anilines is 1. The topological polar surface area (TPSA) is 60.5 Å². The van der Waals surface area contributed by atoms with Crippen LogP contribution in [0.1, 0.15) is 0 Å². The van der Waals surface area contributed by atoms with Crippen molar-refractivity contribution in [2.75, 3.05) is 19.0 Å². The van der Waals surface area contributed by atoms with Gasteiger partial charge in [0, 0.05) is 10.9 Å². The number of nitrogens with zero attached hydrogens (tertiary/aromatic N) is 1. The summed E-state index contributed by atoms with van der Waals surface area (Å²) < 4.78 is 10.4. The van der Waals surface area contributed by atoms with E-state index in [0.717, 1.165) is 11.3 Å². The molecular weight excluding hydrogens is 252 g/mol. The largest absolute Gasteiger partial charge is 0.482 e. The van der Waals surface area contributed by atoms with E-state index in [2.05, 4.69) is 10.3 Å². The van der Waals surface area contributed by atoms with Gasteiger partial charge in [0.1, 0.15) is 5.75 Å². The van der Waals surface area contributed by atoms with Gasteiger partial charge in [-0.05, 0) is 18.2 Å². The lowest BCUT2D eigenvalue weighted by atomic mass is 10.1. The molecule has 2 heterocycles. The lowest BCUT2D eigenvalue weighted by Gasteiger charge is -2.18. The molecule has 1 amide bonds. The van der Waals surface area contributed by atoms with Crippen molar-refractivity contribution >= 4 is 22.9 Å². The number of thiazole rings is 1. The molecule has 2 aromatic rings. The SMILES string of the molecule is COc1nc(-c2ccc3c(c2)NC(=O)CO3)cs1. The fourth-order valence-electron chi connectivity index (χ4n) is 1.73. The van der Waals surface area contributed by atoms with Crippen LogP contribution in [0.15, 0.2) is 23.6 Å². The van der Waals surface area contributed by atoms with Gasteiger partial charge in [-0.1, -0.05) is 11.3 Å². The number of methoxy groups -OCH3 is 1. The van der Waals surface area contributed by atoms with Crippen LogP contribution in [0.25, 0.3) is 11.3 Å². The Morgan fingerprint density at radius 1 is 1.50 bits per heavy atom. The van der Waals surface area contributed by atoms with E-state index in [9.17, 15) is 4.79 Å². The van der Waals surface area contributed by atoms with Gasteiger partial charge in [0.2, 0.25) is 0 Å². The van der Waals surface area contributed by atoms with Gasteiger partial charge in [0.05, 0.1) is 18.5 Å². The van der Waals surface area contributed by atoms with Gasteiger partial charge in [-0.15, -0.1) is 0 Å². The highest BCUT2D eigenvalue weighted by Crippen LogP contribution is 2.34. The van der Waals surface area contributed by atoms with Gasteiger partial charge in [-0.3, -0.25) is 4.79 Å². The maximum Gasteiger partial charge on any atom is 0.273 e. The summed E-state index contributed by atoms with van der Waals surface area (Å²) in [5, 5.41) is 5.29. The number of carbonyl (C=O) groups excluding carboxylic acids is 1. The Hall–Kier alpha value is -2.08. The molecule has 0 radical (unpaired) electrons. The van der Waals surface area contributed by atoms with E-state index in [1.165, 1.54) is 11.3 Å². The fourth-order valence-corrected chi connectivity index (χ4v) is 2.37. The molecule has 0 saturated carbocycles. The third kappa shape index (κ3) is 1.91. The molecular formula is C12H10N2O3S. The lowest BCUT2D eigenvalue weighted by molar-refractivity contribution is -0.118. The van der Waals surface area contributed by atoms with Crippen molar-refractivity contribution in [3.8, 4) is 22.2 Å². The Labute approximate surface area is 107 Å². The van der Waals surface area contributed by atoms with Crippen LogP contribution in [0.2, 0.25) is 0 Å². The van der Waals surface area contributed by atoms with E-state index in [-0.39, 0.29) is 12.5 Å². The van der Waals surface area contributed by atoms with Crippen LogP contribution in [-0.4, -0.2) is 24.6 Å². The van der Waals surface area contributed by atoms with Crippen molar-refractivity contribution in [3.63, 3.8) is 0 Å². The van der Waals surface area contributed by atoms with Crippen LogP contribution >= 0.6 is 11.3 Å². The summed E-state index contributed by atoms with van der Waals surface area (Å²) in [6.45, 7) is 0.0663. The number of rotatable bonds is 2. The molecule has 0 saturated heterocycles. The number of carbonyl (C=O) groups is 1. The Morgan fingerprint density at radius 2 is 2.39 bits per heavy atom. The predicted octanol–water partition coefficient (Wildman–Crippen LogP) is 2.15. The summed E-state index contributed by atoms with van der Waals surface area (Å²) in [4.78, 5) is 15.6. The molecule has 1 aromatic heterocycles. The molecule has 0 aliphatic carbocycles. The first-order chi connectivity index (χ1) is 8.76. The first-order valence-corrected chi connectivity index (χ1v) is 6.21. The first-order valence-electron chi connectivity index (χ1n) is 5.33. The summed E-state index contributed by atoms with van der Waals surface area (Å²) in [5.74, 6) is 0.538. The Bertz CT molecular complexity index is 609. The predicted molar refractivity (Wildman–Crippen MR) is 68.2 cm³/mol. The van der Waals surface area contributed by atoms with Crippen LogP contribution in [0.4, 0.5) is 5.69 Å². The third-order valence-corrected chi connectivity index (χ3v) is 3.37. The summed E-state index contributed by atoms with van der Waals surface area (Å²) in [5.41, 5.74) is 2.41. The molecule has 18 heavy (non-hydrogen) atoms. The molecule has 0 bridgehead atoms. The van der Waals surface area contributed by atoms with E-state index in [1.54, 1.807) is 7.11 Å². The zero-order chi connectivity index (χ0) is 12.5. The van der Waals surface area contributed by atoms with Crippen LogP contribution < -0.4 is 14.8 Å². The number of benzene rings is 1. The van der Waals surface area contributed by atoms with Gasteiger partial charge in [-0.25, -0.2) is 4.98 Å². The van der Waals surface area contributed by atoms with E-state index in [4.69, 9.17) is 9.47 Å². The number of fused-ring (bicyclic) bond motifs is 1. The minimum Gasteiger partial charge on any atom is -0.482 e. The van der Waals surface area contributed by atoms with Crippen molar-refractivity contribution in [2.45, 2.75) is 0 Å². The van der Waals surface area contributed by atoms with E-state index < -0.39 is 0 Å². The molecule has 1 aliphatic rings. The van der Waals surface area contributed by atoms with Crippen LogP contribution in [-0.2, 0) is 4.79 Å². The van der Waals surface area contributed by atoms with E-state index >= 15 is 0 Å².